The second-order valence-electron chi connectivity index (χ2n) is 3.91. The maximum Gasteiger partial charge on any atom is 0.427 e. The van der Waals surface area contributed by atoms with Gasteiger partial charge in [-0.1, -0.05) is 12.1 Å². The van der Waals surface area contributed by atoms with Crippen molar-refractivity contribution in [3.05, 3.63) is 24.3 Å². The van der Waals surface area contributed by atoms with Crippen molar-refractivity contribution in [3.8, 4) is 0 Å². The molecule has 7 nitrogen and oxygen atoms in total. The molecule has 0 radical (unpaired) electrons. The Balaban J connectivity index is 2.34. The van der Waals surface area contributed by atoms with E-state index in [2.05, 4.69) is 10.3 Å². The van der Waals surface area contributed by atoms with Crippen LogP contribution in [0.1, 0.15) is 0 Å². The minimum absolute atomic E-state index is 0.551. The van der Waals surface area contributed by atoms with E-state index in [1.807, 2.05) is 38.4 Å². The number of para-hydroxylation sites is 1. The molecule has 0 amide bonds. The zero-order valence-corrected chi connectivity index (χ0v) is 10.9. The van der Waals surface area contributed by atoms with Crippen LogP contribution >= 0.6 is 0 Å². The van der Waals surface area contributed by atoms with Crippen molar-refractivity contribution < 1.29 is 14.4 Å². The molecule has 0 saturated heterocycles. The smallest absolute Gasteiger partial charge is 0.427 e. The second kappa shape index (κ2) is 4.91. The quantitative estimate of drug-likeness (QED) is 0.324. The van der Waals surface area contributed by atoms with E-state index in [4.69, 9.17) is 9.68 Å². The minimum Gasteiger partial charge on any atom is -0.444 e. The highest BCUT2D eigenvalue weighted by molar-refractivity contribution is 5.73. The van der Waals surface area contributed by atoms with Crippen LogP contribution in [0.25, 0.3) is 11.0 Å². The summed E-state index contributed by atoms with van der Waals surface area (Å²) in [6.07, 6.45) is 0. The normalized spacial score (nSPS) is 12.2. The van der Waals surface area contributed by atoms with Crippen molar-refractivity contribution >= 4 is 17.1 Å². The summed E-state index contributed by atoms with van der Waals surface area (Å²) in [4.78, 5) is 8.69. The van der Waals surface area contributed by atoms with E-state index in [9.17, 15) is 0 Å². The molecule has 1 heterocycles. The van der Waals surface area contributed by atoms with E-state index in [-0.39, 0.29) is 0 Å². The summed E-state index contributed by atoms with van der Waals surface area (Å²) in [5, 5.41) is 7.93. The van der Waals surface area contributed by atoms with Crippen molar-refractivity contribution in [1.82, 2.24) is 20.1 Å². The van der Waals surface area contributed by atoms with E-state index < -0.39 is 0 Å². The van der Waals surface area contributed by atoms with Crippen LogP contribution in [0.15, 0.2) is 24.3 Å². The predicted molar refractivity (Wildman–Crippen MR) is 66.0 cm³/mol. The number of hydrogen-bond acceptors (Lipinski definition) is 4. The van der Waals surface area contributed by atoms with Gasteiger partial charge in [-0.2, -0.15) is 0 Å². The Morgan fingerprint density at radius 3 is 2.72 bits per heavy atom. The Kier molecular flexibility index (Phi) is 3.31. The van der Waals surface area contributed by atoms with E-state index >= 15 is 0 Å². The Labute approximate surface area is 105 Å². The SMILES string of the molecule is CO/C(N(C)C)=[N+](/C)On1nnc2ccccc21. The molecule has 0 aliphatic heterocycles. The van der Waals surface area contributed by atoms with Gasteiger partial charge in [0, 0.05) is 10.1 Å². The topological polar surface area (TPSA) is 55.4 Å². The van der Waals surface area contributed by atoms with Gasteiger partial charge in [0.25, 0.3) is 0 Å². The van der Waals surface area contributed by atoms with Crippen molar-refractivity contribution in [2.45, 2.75) is 0 Å². The number of amidine groups is 1. The summed E-state index contributed by atoms with van der Waals surface area (Å²) in [5.41, 5.74) is 1.56. The number of fused-ring (bicyclic) bond motifs is 1. The standard InChI is InChI=1S/C11H16N5O2/c1-14(2)11(17-4)15(3)18-16-10-8-6-5-7-9(10)12-13-16/h5-8H,1-4H3/q+1. The fourth-order valence-corrected chi connectivity index (χ4v) is 1.65. The summed E-state index contributed by atoms with van der Waals surface area (Å²) in [5.74, 6) is 0. The zero-order chi connectivity index (χ0) is 13.1. The molecule has 0 saturated carbocycles. The first-order valence-corrected chi connectivity index (χ1v) is 5.44. The van der Waals surface area contributed by atoms with Crippen LogP contribution in [0.3, 0.4) is 0 Å². The molecule has 1 aromatic heterocycles. The van der Waals surface area contributed by atoms with Gasteiger partial charge in [-0.15, -0.1) is 10.0 Å². The third-order valence-electron chi connectivity index (χ3n) is 2.36. The molecule has 0 unspecified atom stereocenters. The van der Waals surface area contributed by atoms with Gasteiger partial charge in [-0.05, 0) is 16.9 Å². The third kappa shape index (κ3) is 2.20. The van der Waals surface area contributed by atoms with E-state index in [0.29, 0.717) is 6.02 Å². The Bertz CT molecular complexity index is 576. The number of hydroxylamine groups is 1. The van der Waals surface area contributed by atoms with Crippen LogP contribution < -0.4 is 4.94 Å². The first-order valence-electron chi connectivity index (χ1n) is 5.44. The maximum atomic E-state index is 5.55. The Hall–Kier alpha value is -2.31. The number of rotatable bonds is 2. The van der Waals surface area contributed by atoms with Gasteiger partial charge in [0.2, 0.25) is 0 Å². The Morgan fingerprint density at radius 2 is 2.06 bits per heavy atom. The lowest BCUT2D eigenvalue weighted by molar-refractivity contribution is -0.769. The van der Waals surface area contributed by atoms with Crippen LogP contribution in [0.4, 0.5) is 0 Å². The zero-order valence-electron chi connectivity index (χ0n) is 10.9. The molecule has 18 heavy (non-hydrogen) atoms. The molecule has 0 fully saturated rings. The second-order valence-corrected chi connectivity index (χ2v) is 3.91. The molecule has 0 bridgehead atoms. The predicted octanol–water partition coefficient (Wildman–Crippen LogP) is -0.0188. The van der Waals surface area contributed by atoms with Gasteiger partial charge in [0.15, 0.2) is 5.52 Å². The van der Waals surface area contributed by atoms with E-state index in [1.165, 1.54) is 9.58 Å². The summed E-state index contributed by atoms with van der Waals surface area (Å²) in [6, 6.07) is 8.10. The minimum atomic E-state index is 0.551. The number of nitrogens with zero attached hydrogens (tertiary/aromatic N) is 5. The summed E-state index contributed by atoms with van der Waals surface area (Å²) >= 11 is 0. The summed E-state index contributed by atoms with van der Waals surface area (Å²) in [6.45, 7) is 0. The van der Waals surface area contributed by atoms with Gasteiger partial charge in [-0.3, -0.25) is 4.90 Å². The highest BCUT2D eigenvalue weighted by Gasteiger charge is 2.16. The molecule has 2 rings (SSSR count). The lowest BCUT2D eigenvalue weighted by Crippen LogP contribution is -2.37. The maximum absolute atomic E-state index is 5.55. The summed E-state index contributed by atoms with van der Waals surface area (Å²) < 4.78 is 6.69. The lowest BCUT2D eigenvalue weighted by Gasteiger charge is -2.11. The van der Waals surface area contributed by atoms with Crippen LogP contribution in [0, 0.1) is 0 Å². The number of ether oxygens (including phenoxy) is 1. The largest absolute Gasteiger partial charge is 0.444 e. The van der Waals surface area contributed by atoms with Crippen molar-refractivity contribution in [1.29, 1.82) is 0 Å². The van der Waals surface area contributed by atoms with Crippen LogP contribution in [-0.2, 0) is 4.74 Å². The molecule has 0 spiro atoms. The average molecular weight is 250 g/mol. The molecule has 1 aromatic carbocycles. The first kappa shape index (κ1) is 12.2. The first-order chi connectivity index (χ1) is 8.63. The number of methoxy groups -OCH3 is 1. The van der Waals surface area contributed by atoms with Crippen molar-refractivity contribution in [2.24, 2.45) is 0 Å². The van der Waals surface area contributed by atoms with Crippen LogP contribution in [0.2, 0.25) is 0 Å². The highest BCUT2D eigenvalue weighted by atomic mass is 16.8. The van der Waals surface area contributed by atoms with Crippen molar-refractivity contribution in [3.63, 3.8) is 0 Å². The average Bonchev–Trinajstić information content (AvgIpc) is 2.73. The summed E-state index contributed by atoms with van der Waals surface area (Å²) in [7, 11) is 7.03. The van der Waals surface area contributed by atoms with Crippen molar-refractivity contribution in [2.75, 3.05) is 28.3 Å². The van der Waals surface area contributed by atoms with Gasteiger partial charge in [0.05, 0.1) is 21.2 Å². The molecule has 0 N–H and O–H groups in total. The fourth-order valence-electron chi connectivity index (χ4n) is 1.65. The van der Waals surface area contributed by atoms with Crippen LogP contribution in [0.5, 0.6) is 0 Å². The molecule has 0 aliphatic rings. The number of benzene rings is 1. The third-order valence-corrected chi connectivity index (χ3v) is 2.36. The van der Waals surface area contributed by atoms with Gasteiger partial charge in [-0.25, -0.2) is 0 Å². The molecular formula is C11H16N5O2+. The lowest BCUT2D eigenvalue weighted by atomic mass is 10.3. The number of hydrogen-bond donors (Lipinski definition) is 0. The molecule has 7 heteroatoms. The van der Waals surface area contributed by atoms with Gasteiger partial charge in [0.1, 0.15) is 12.6 Å². The van der Waals surface area contributed by atoms with Gasteiger partial charge < -0.3 is 4.74 Å². The molecular weight excluding hydrogens is 234 g/mol. The van der Waals surface area contributed by atoms with Crippen LogP contribution in [-0.4, -0.2) is 59.1 Å². The van der Waals surface area contributed by atoms with E-state index in [0.717, 1.165) is 11.0 Å². The highest BCUT2D eigenvalue weighted by Crippen LogP contribution is 2.07. The molecule has 0 aliphatic carbocycles. The number of aromatic nitrogens is 3. The monoisotopic (exact) mass is 250 g/mol. The molecule has 2 aromatic rings. The Morgan fingerprint density at radius 1 is 1.33 bits per heavy atom. The van der Waals surface area contributed by atoms with Gasteiger partial charge >= 0.3 is 6.02 Å². The fraction of sp³-hybridized carbons (Fsp3) is 0.364. The van der Waals surface area contributed by atoms with E-state index in [1.54, 1.807) is 19.1 Å². The molecule has 0 atom stereocenters. The molecule has 96 valence electrons.